The van der Waals surface area contributed by atoms with Gasteiger partial charge < -0.3 is 10.1 Å². The Morgan fingerprint density at radius 2 is 1.48 bits per heavy atom. The molecule has 0 saturated heterocycles. The molecule has 1 amide bonds. The highest BCUT2D eigenvalue weighted by atomic mass is 19.2. The number of amides is 1. The molecule has 0 bridgehead atoms. The monoisotopic (exact) mass is 393 g/mol. The van der Waals surface area contributed by atoms with Gasteiger partial charge in [0.1, 0.15) is 6.04 Å². The fourth-order valence-corrected chi connectivity index (χ4v) is 3.82. The highest BCUT2D eigenvalue weighted by molar-refractivity contribution is 5.98. The topological polar surface area (TPSA) is 55.4 Å². The number of hydrogen-bond donors (Lipinski definition) is 1. The van der Waals surface area contributed by atoms with Gasteiger partial charge in [0, 0.05) is 11.5 Å². The van der Waals surface area contributed by atoms with Gasteiger partial charge in [0.05, 0.1) is 7.11 Å². The predicted octanol–water partition coefficient (Wildman–Crippen LogP) is 4.05. The molecule has 1 N–H and O–H groups in total. The van der Waals surface area contributed by atoms with E-state index in [1.165, 1.54) is 13.2 Å². The Hall–Kier alpha value is -3.54. The molecule has 3 aromatic carbocycles. The molecule has 0 radical (unpaired) electrons. The number of benzene rings is 3. The third kappa shape index (κ3) is 3.27. The molecular weight excluding hydrogens is 376 g/mol. The molecule has 4 rings (SSSR count). The van der Waals surface area contributed by atoms with Crippen molar-refractivity contribution in [3.05, 3.63) is 95.1 Å². The number of methoxy groups -OCH3 is 1. The quantitative estimate of drug-likeness (QED) is 0.681. The van der Waals surface area contributed by atoms with Crippen molar-refractivity contribution < 1.29 is 23.1 Å². The fraction of sp³-hybridized carbons (Fsp3) is 0.130. The molecule has 1 aliphatic rings. The lowest BCUT2D eigenvalue weighted by Gasteiger charge is -2.24. The second-order valence-corrected chi connectivity index (χ2v) is 6.76. The van der Waals surface area contributed by atoms with E-state index >= 15 is 0 Å². The Morgan fingerprint density at radius 3 is 2.03 bits per heavy atom. The molecule has 146 valence electrons. The van der Waals surface area contributed by atoms with Crippen molar-refractivity contribution in [3.8, 4) is 11.1 Å². The second kappa shape index (κ2) is 7.47. The SMILES string of the molecule is COC(=O)[C@@H](NC(=O)c1ccc(F)c(F)c1)C1c2ccccc2-c2ccccc21. The van der Waals surface area contributed by atoms with Gasteiger partial charge >= 0.3 is 5.97 Å². The highest BCUT2D eigenvalue weighted by Gasteiger charge is 2.39. The number of esters is 1. The van der Waals surface area contributed by atoms with Crippen LogP contribution >= 0.6 is 0 Å². The summed E-state index contributed by atoms with van der Waals surface area (Å²) in [5, 5.41) is 2.65. The molecule has 0 unspecified atom stereocenters. The summed E-state index contributed by atoms with van der Waals surface area (Å²) in [4.78, 5) is 25.3. The summed E-state index contributed by atoms with van der Waals surface area (Å²) < 4.78 is 31.7. The van der Waals surface area contributed by atoms with Gasteiger partial charge in [-0.3, -0.25) is 4.79 Å². The van der Waals surface area contributed by atoms with Crippen molar-refractivity contribution in [2.24, 2.45) is 0 Å². The van der Waals surface area contributed by atoms with E-state index in [-0.39, 0.29) is 5.56 Å². The van der Waals surface area contributed by atoms with Crippen molar-refractivity contribution in [2.45, 2.75) is 12.0 Å². The molecule has 1 atom stereocenters. The summed E-state index contributed by atoms with van der Waals surface area (Å²) in [7, 11) is 1.24. The fourth-order valence-electron chi connectivity index (χ4n) is 3.82. The van der Waals surface area contributed by atoms with Gasteiger partial charge in [-0.2, -0.15) is 0 Å². The van der Waals surface area contributed by atoms with Gasteiger partial charge in [-0.1, -0.05) is 48.5 Å². The van der Waals surface area contributed by atoms with Crippen LogP contribution in [0.3, 0.4) is 0 Å². The van der Waals surface area contributed by atoms with Gasteiger partial charge in [0.15, 0.2) is 11.6 Å². The normalized spacial score (nSPS) is 13.3. The van der Waals surface area contributed by atoms with Gasteiger partial charge in [-0.25, -0.2) is 13.6 Å². The number of fused-ring (bicyclic) bond motifs is 3. The molecule has 3 aromatic rings. The van der Waals surface area contributed by atoms with Crippen LogP contribution in [0.1, 0.15) is 27.4 Å². The first kappa shape index (κ1) is 18.8. The Labute approximate surface area is 166 Å². The smallest absolute Gasteiger partial charge is 0.329 e. The number of carbonyl (C=O) groups is 2. The van der Waals surface area contributed by atoms with Crippen LogP contribution in [0.15, 0.2) is 66.7 Å². The zero-order valence-corrected chi connectivity index (χ0v) is 15.5. The van der Waals surface area contributed by atoms with Crippen molar-refractivity contribution in [3.63, 3.8) is 0 Å². The van der Waals surface area contributed by atoms with Crippen LogP contribution < -0.4 is 5.32 Å². The Balaban J connectivity index is 1.75. The number of nitrogens with one attached hydrogen (secondary N) is 1. The number of rotatable bonds is 4. The lowest BCUT2D eigenvalue weighted by Crippen LogP contribution is -2.45. The van der Waals surface area contributed by atoms with Crippen LogP contribution in [-0.4, -0.2) is 25.0 Å². The van der Waals surface area contributed by atoms with Crippen molar-refractivity contribution in [2.75, 3.05) is 7.11 Å². The average Bonchev–Trinajstić information content (AvgIpc) is 3.07. The number of ether oxygens (including phenoxy) is 1. The van der Waals surface area contributed by atoms with Crippen LogP contribution in [0.4, 0.5) is 8.78 Å². The van der Waals surface area contributed by atoms with E-state index in [1.54, 1.807) is 0 Å². The van der Waals surface area contributed by atoms with E-state index in [1.807, 2.05) is 48.5 Å². The van der Waals surface area contributed by atoms with Crippen molar-refractivity contribution in [1.29, 1.82) is 0 Å². The Bertz CT molecular complexity index is 1070. The minimum absolute atomic E-state index is 0.0858. The van der Waals surface area contributed by atoms with Gasteiger partial charge in [0.2, 0.25) is 0 Å². The first-order chi connectivity index (χ1) is 14.0. The van der Waals surface area contributed by atoms with Crippen molar-refractivity contribution >= 4 is 11.9 Å². The van der Waals surface area contributed by atoms with Crippen LogP contribution in [0.5, 0.6) is 0 Å². The molecule has 0 fully saturated rings. The molecule has 0 spiro atoms. The van der Waals surface area contributed by atoms with E-state index in [4.69, 9.17) is 4.74 Å². The highest BCUT2D eigenvalue weighted by Crippen LogP contribution is 2.46. The van der Waals surface area contributed by atoms with Crippen LogP contribution in [-0.2, 0) is 9.53 Å². The molecule has 0 heterocycles. The number of hydrogen-bond acceptors (Lipinski definition) is 3. The van der Waals surface area contributed by atoms with Crippen LogP contribution in [0.25, 0.3) is 11.1 Å². The molecule has 4 nitrogen and oxygen atoms in total. The van der Waals surface area contributed by atoms with E-state index in [2.05, 4.69) is 5.32 Å². The number of halogens is 2. The zero-order valence-electron chi connectivity index (χ0n) is 15.5. The molecule has 0 aromatic heterocycles. The first-order valence-electron chi connectivity index (χ1n) is 9.03. The van der Waals surface area contributed by atoms with Gasteiger partial charge in [-0.05, 0) is 40.5 Å². The summed E-state index contributed by atoms with van der Waals surface area (Å²) in [5.41, 5.74) is 3.63. The molecular formula is C23H17F2NO3. The summed E-state index contributed by atoms with van der Waals surface area (Å²) in [6.45, 7) is 0. The molecule has 29 heavy (non-hydrogen) atoms. The second-order valence-electron chi connectivity index (χ2n) is 6.76. The lowest BCUT2D eigenvalue weighted by atomic mass is 9.89. The third-order valence-corrected chi connectivity index (χ3v) is 5.14. The molecule has 0 aliphatic heterocycles. The van der Waals surface area contributed by atoms with E-state index < -0.39 is 35.5 Å². The zero-order chi connectivity index (χ0) is 20.5. The largest absolute Gasteiger partial charge is 0.467 e. The Morgan fingerprint density at radius 1 is 0.897 bits per heavy atom. The van der Waals surface area contributed by atoms with E-state index in [0.29, 0.717) is 0 Å². The van der Waals surface area contributed by atoms with Gasteiger partial charge in [0.25, 0.3) is 5.91 Å². The predicted molar refractivity (Wildman–Crippen MR) is 103 cm³/mol. The summed E-state index contributed by atoms with van der Waals surface area (Å²) >= 11 is 0. The average molecular weight is 393 g/mol. The molecule has 0 saturated carbocycles. The first-order valence-corrected chi connectivity index (χ1v) is 9.03. The van der Waals surface area contributed by atoms with Crippen molar-refractivity contribution in [1.82, 2.24) is 5.32 Å². The standard InChI is InChI=1S/C23H17F2NO3/c1-29-23(28)21(26-22(27)13-10-11-18(24)19(25)12-13)20-16-8-4-2-6-14(16)15-7-3-5-9-17(15)20/h2-12,20-21H,1H3,(H,26,27)/t21-/m0/s1. The molecule has 1 aliphatic carbocycles. The van der Waals surface area contributed by atoms with Crippen LogP contribution in [0.2, 0.25) is 0 Å². The minimum Gasteiger partial charge on any atom is -0.467 e. The lowest BCUT2D eigenvalue weighted by molar-refractivity contribution is -0.143. The van der Waals surface area contributed by atoms with E-state index in [9.17, 15) is 18.4 Å². The summed E-state index contributed by atoms with van der Waals surface area (Å²) in [6, 6.07) is 17.1. The number of carbonyl (C=O) groups excluding carboxylic acids is 2. The minimum atomic E-state index is -1.14. The summed E-state index contributed by atoms with van der Waals surface area (Å²) in [5.74, 6) is -3.98. The van der Waals surface area contributed by atoms with E-state index in [0.717, 1.165) is 34.4 Å². The molecule has 6 heteroatoms. The Kier molecular flexibility index (Phi) is 4.84. The maximum Gasteiger partial charge on any atom is 0.329 e. The van der Waals surface area contributed by atoms with Gasteiger partial charge in [-0.15, -0.1) is 0 Å². The third-order valence-electron chi connectivity index (χ3n) is 5.14. The summed E-state index contributed by atoms with van der Waals surface area (Å²) in [6.07, 6.45) is 0. The van der Waals surface area contributed by atoms with Crippen LogP contribution in [0, 0.1) is 11.6 Å². The maximum absolute atomic E-state index is 13.6. The maximum atomic E-state index is 13.6.